The number of carbonyl (C=O) groups excluding carboxylic acids is 2. The molecule has 1 saturated carbocycles. The zero-order valence-corrected chi connectivity index (χ0v) is 12.5. The predicted molar refractivity (Wildman–Crippen MR) is 80.8 cm³/mol. The molecule has 0 radical (unpaired) electrons. The average Bonchev–Trinajstić information content (AvgIpc) is 2.59. The molecule has 0 aliphatic heterocycles. The molecule has 3 atom stereocenters. The third kappa shape index (κ3) is 3.72. The summed E-state index contributed by atoms with van der Waals surface area (Å²) >= 11 is 0. The van der Waals surface area contributed by atoms with Crippen molar-refractivity contribution in [3.63, 3.8) is 0 Å². The molecule has 1 aliphatic carbocycles. The minimum Gasteiger partial charge on any atom is -0.321 e. The third-order valence-corrected chi connectivity index (χ3v) is 4.39. The van der Waals surface area contributed by atoms with Crippen LogP contribution in [-0.4, -0.2) is 27.9 Å². The number of ketones is 1. The average molecular weight is 321 g/mol. The van der Waals surface area contributed by atoms with Gasteiger partial charge in [-0.3, -0.25) is 24.9 Å². The maximum Gasteiger partial charge on any atom is 0.269 e. The molecule has 23 heavy (non-hydrogen) atoms. The number of hydrogen-bond donors (Lipinski definition) is 3. The molecule has 0 saturated heterocycles. The lowest BCUT2D eigenvalue weighted by atomic mass is 9.73. The first-order chi connectivity index (χ1) is 11.0. The lowest BCUT2D eigenvalue weighted by Gasteiger charge is -2.33. The van der Waals surface area contributed by atoms with E-state index in [0.717, 1.165) is 12.8 Å². The van der Waals surface area contributed by atoms with Crippen molar-refractivity contribution in [3.05, 3.63) is 39.9 Å². The second-order valence-corrected chi connectivity index (χ2v) is 5.72. The van der Waals surface area contributed by atoms with Crippen LogP contribution >= 0.6 is 0 Å². The molecule has 2 rings (SSSR count). The molecule has 4 N–H and O–H groups in total. The lowest BCUT2D eigenvalue weighted by molar-refractivity contribution is -0.384. The van der Waals surface area contributed by atoms with Crippen molar-refractivity contribution in [1.82, 2.24) is 5.48 Å². The number of benzene rings is 1. The number of nitro benzene ring substituents is 1. The highest BCUT2D eigenvalue weighted by Crippen LogP contribution is 2.33. The van der Waals surface area contributed by atoms with Crippen molar-refractivity contribution in [1.29, 1.82) is 0 Å². The standard InChI is InChI=1S/C15H19N3O5/c16-13(11-3-1-2-4-12(11)15(20)17-21)14(19)9-5-7-10(8-6-9)18(22)23/h5-8,11-13,21H,1-4,16H2,(H,17,20)/t11-,12-,13?/m0/s1. The Kier molecular flexibility index (Phi) is 5.41. The number of nitro groups is 1. The number of hydrogen-bond acceptors (Lipinski definition) is 6. The second-order valence-electron chi connectivity index (χ2n) is 5.72. The minimum atomic E-state index is -0.890. The Morgan fingerprint density at radius 2 is 1.87 bits per heavy atom. The summed E-state index contributed by atoms with van der Waals surface area (Å²) in [6, 6.07) is 4.34. The van der Waals surface area contributed by atoms with E-state index in [4.69, 9.17) is 10.9 Å². The fraction of sp³-hybridized carbons (Fsp3) is 0.467. The smallest absolute Gasteiger partial charge is 0.269 e. The summed E-state index contributed by atoms with van der Waals surface area (Å²) in [5.74, 6) is -1.76. The number of amides is 1. The number of nitrogens with one attached hydrogen (secondary N) is 1. The molecule has 8 heteroatoms. The summed E-state index contributed by atoms with van der Waals surface area (Å²) in [4.78, 5) is 34.3. The summed E-state index contributed by atoms with van der Waals surface area (Å²) < 4.78 is 0. The lowest BCUT2D eigenvalue weighted by Crippen LogP contribution is -2.47. The van der Waals surface area contributed by atoms with Crippen molar-refractivity contribution >= 4 is 17.4 Å². The molecule has 1 aromatic rings. The molecule has 0 aromatic heterocycles. The van der Waals surface area contributed by atoms with Crippen LogP contribution in [0.1, 0.15) is 36.0 Å². The largest absolute Gasteiger partial charge is 0.321 e. The van der Waals surface area contributed by atoms with E-state index in [0.29, 0.717) is 12.8 Å². The van der Waals surface area contributed by atoms with Crippen LogP contribution in [0.25, 0.3) is 0 Å². The van der Waals surface area contributed by atoms with Gasteiger partial charge in [0.1, 0.15) is 0 Å². The Labute approximate surface area is 132 Å². The molecule has 0 heterocycles. The quantitative estimate of drug-likeness (QED) is 0.325. The van der Waals surface area contributed by atoms with Gasteiger partial charge >= 0.3 is 0 Å². The fourth-order valence-corrected chi connectivity index (χ4v) is 3.13. The summed E-state index contributed by atoms with van der Waals surface area (Å²) in [5.41, 5.74) is 7.87. The maximum atomic E-state index is 12.5. The van der Waals surface area contributed by atoms with Gasteiger partial charge < -0.3 is 5.73 Å². The van der Waals surface area contributed by atoms with E-state index < -0.39 is 22.8 Å². The highest BCUT2D eigenvalue weighted by Gasteiger charge is 2.37. The molecule has 1 aliphatic rings. The van der Waals surface area contributed by atoms with Gasteiger partial charge in [-0.25, -0.2) is 5.48 Å². The first-order valence-electron chi connectivity index (χ1n) is 7.44. The molecule has 0 bridgehead atoms. The summed E-state index contributed by atoms with van der Waals surface area (Å²) in [6.07, 6.45) is 2.89. The van der Waals surface area contributed by atoms with Crippen LogP contribution in [0.2, 0.25) is 0 Å². The summed E-state index contributed by atoms with van der Waals surface area (Å²) in [5, 5.41) is 19.5. The second kappa shape index (κ2) is 7.30. The molecular formula is C15H19N3O5. The number of nitrogens with two attached hydrogens (primary N) is 1. The zero-order valence-electron chi connectivity index (χ0n) is 12.5. The Hall–Kier alpha value is -2.32. The van der Waals surface area contributed by atoms with Crippen molar-refractivity contribution in [2.45, 2.75) is 31.7 Å². The zero-order chi connectivity index (χ0) is 17.0. The molecule has 1 unspecified atom stereocenters. The van der Waals surface area contributed by atoms with E-state index in [-0.39, 0.29) is 23.0 Å². The monoisotopic (exact) mass is 321 g/mol. The van der Waals surface area contributed by atoms with Crippen molar-refractivity contribution in [2.24, 2.45) is 17.6 Å². The van der Waals surface area contributed by atoms with E-state index in [2.05, 4.69) is 0 Å². The topological polar surface area (TPSA) is 136 Å². The van der Waals surface area contributed by atoms with Crippen LogP contribution in [0.15, 0.2) is 24.3 Å². The molecular weight excluding hydrogens is 302 g/mol. The minimum absolute atomic E-state index is 0.106. The summed E-state index contributed by atoms with van der Waals surface area (Å²) in [6.45, 7) is 0. The molecule has 1 aromatic carbocycles. The first-order valence-corrected chi connectivity index (χ1v) is 7.44. The molecule has 124 valence electrons. The Morgan fingerprint density at radius 1 is 1.26 bits per heavy atom. The van der Waals surface area contributed by atoms with E-state index >= 15 is 0 Å². The van der Waals surface area contributed by atoms with Crippen LogP contribution < -0.4 is 11.2 Å². The summed E-state index contributed by atoms with van der Waals surface area (Å²) in [7, 11) is 0. The number of Topliss-reactive ketones (excluding diaryl/α,β-unsaturated/α-hetero) is 1. The van der Waals surface area contributed by atoms with Crippen molar-refractivity contribution in [2.75, 3.05) is 0 Å². The highest BCUT2D eigenvalue weighted by atomic mass is 16.6. The van der Waals surface area contributed by atoms with Crippen LogP contribution in [0.3, 0.4) is 0 Å². The number of nitrogens with zero attached hydrogens (tertiary/aromatic N) is 1. The third-order valence-electron chi connectivity index (χ3n) is 4.39. The van der Waals surface area contributed by atoms with Gasteiger partial charge in [0, 0.05) is 23.6 Å². The maximum absolute atomic E-state index is 12.5. The normalized spacial score (nSPS) is 22.2. The predicted octanol–water partition coefficient (Wildman–Crippen LogP) is 1.42. The van der Waals surface area contributed by atoms with E-state index in [9.17, 15) is 19.7 Å². The van der Waals surface area contributed by atoms with Gasteiger partial charge in [-0.1, -0.05) is 12.8 Å². The molecule has 1 fully saturated rings. The number of carbonyl (C=O) groups is 2. The first kappa shape index (κ1) is 17.0. The van der Waals surface area contributed by atoms with Gasteiger partial charge in [-0.05, 0) is 30.9 Å². The van der Waals surface area contributed by atoms with Crippen molar-refractivity contribution in [3.8, 4) is 0 Å². The van der Waals surface area contributed by atoms with Gasteiger partial charge in [0.25, 0.3) is 5.69 Å². The van der Waals surface area contributed by atoms with Gasteiger partial charge in [0.15, 0.2) is 5.78 Å². The van der Waals surface area contributed by atoms with Crippen LogP contribution in [0, 0.1) is 22.0 Å². The van der Waals surface area contributed by atoms with E-state index in [1.54, 1.807) is 5.48 Å². The Morgan fingerprint density at radius 3 is 2.43 bits per heavy atom. The van der Waals surface area contributed by atoms with Crippen LogP contribution in [-0.2, 0) is 4.79 Å². The van der Waals surface area contributed by atoms with E-state index in [1.807, 2.05) is 0 Å². The number of rotatable bonds is 5. The Bertz CT molecular complexity index is 602. The van der Waals surface area contributed by atoms with Gasteiger partial charge in [-0.15, -0.1) is 0 Å². The van der Waals surface area contributed by atoms with Crippen LogP contribution in [0.5, 0.6) is 0 Å². The van der Waals surface area contributed by atoms with Crippen LogP contribution in [0.4, 0.5) is 5.69 Å². The van der Waals surface area contributed by atoms with Gasteiger partial charge in [-0.2, -0.15) is 0 Å². The van der Waals surface area contributed by atoms with Gasteiger partial charge in [0.05, 0.1) is 11.0 Å². The highest BCUT2D eigenvalue weighted by molar-refractivity contribution is 6.00. The molecule has 1 amide bonds. The molecule has 0 spiro atoms. The van der Waals surface area contributed by atoms with Gasteiger partial charge in [0.2, 0.25) is 5.91 Å². The van der Waals surface area contributed by atoms with E-state index in [1.165, 1.54) is 24.3 Å². The Balaban J connectivity index is 2.16. The molecule has 8 nitrogen and oxygen atoms in total. The van der Waals surface area contributed by atoms with Crippen molar-refractivity contribution < 1.29 is 19.7 Å². The fourth-order valence-electron chi connectivity index (χ4n) is 3.13. The number of hydroxylamine groups is 1. The SMILES string of the molecule is NC(C(=O)c1ccc([N+](=O)[O-])cc1)[C@H]1CCCC[C@@H]1C(=O)NO. The number of non-ortho nitro benzene ring substituents is 1.